The van der Waals surface area contributed by atoms with Gasteiger partial charge in [0.05, 0.1) is 18.7 Å². The number of esters is 1. The van der Waals surface area contributed by atoms with Gasteiger partial charge in [-0.15, -0.1) is 0 Å². The van der Waals surface area contributed by atoms with Crippen LogP contribution in [0.3, 0.4) is 0 Å². The van der Waals surface area contributed by atoms with E-state index in [-0.39, 0.29) is 18.3 Å². The zero-order chi connectivity index (χ0) is 19.1. The van der Waals surface area contributed by atoms with Crippen molar-refractivity contribution in [2.75, 3.05) is 6.54 Å². The van der Waals surface area contributed by atoms with E-state index in [0.717, 1.165) is 22.3 Å². The molecule has 2 aliphatic rings. The molecular weight excluding hydrogens is 354 g/mol. The van der Waals surface area contributed by atoms with Crippen LogP contribution in [0.1, 0.15) is 29.4 Å². The summed E-state index contributed by atoms with van der Waals surface area (Å²) >= 11 is 0. The van der Waals surface area contributed by atoms with Gasteiger partial charge >= 0.3 is 5.97 Å². The van der Waals surface area contributed by atoms with Crippen LogP contribution in [-0.2, 0) is 20.9 Å². The van der Waals surface area contributed by atoms with Crippen LogP contribution in [0.4, 0.5) is 0 Å². The van der Waals surface area contributed by atoms with Gasteiger partial charge in [0, 0.05) is 24.1 Å². The fraction of sp³-hybridized carbons (Fsp3) is 0.217. The van der Waals surface area contributed by atoms with Gasteiger partial charge in [0.15, 0.2) is 6.10 Å². The Kier molecular flexibility index (Phi) is 4.01. The lowest BCUT2D eigenvalue weighted by Crippen LogP contribution is -2.26. The fourth-order valence-corrected chi connectivity index (χ4v) is 4.12. The lowest BCUT2D eigenvalue weighted by Gasteiger charge is -2.18. The Morgan fingerprint density at radius 2 is 1.68 bits per heavy atom. The third-order valence-electron chi connectivity index (χ3n) is 5.49. The quantitative estimate of drug-likeness (QED) is 0.650. The molecule has 1 aliphatic carbocycles. The van der Waals surface area contributed by atoms with Gasteiger partial charge in [-0.05, 0) is 23.3 Å². The highest BCUT2D eigenvalue weighted by Gasteiger charge is 2.38. The lowest BCUT2D eigenvalue weighted by molar-refractivity contribution is -0.152. The summed E-state index contributed by atoms with van der Waals surface area (Å²) in [7, 11) is 0. The number of furan rings is 1. The summed E-state index contributed by atoms with van der Waals surface area (Å²) in [6.07, 6.45) is 1.33. The molecule has 1 fully saturated rings. The van der Waals surface area contributed by atoms with Crippen molar-refractivity contribution in [2.24, 2.45) is 5.92 Å². The minimum atomic E-state index is -0.456. The Balaban J connectivity index is 1.34. The molecule has 1 amide bonds. The van der Waals surface area contributed by atoms with E-state index in [1.165, 1.54) is 0 Å². The number of ether oxygens (including phenoxy) is 1. The molecule has 0 unspecified atom stereocenters. The second-order valence-corrected chi connectivity index (χ2v) is 7.25. The summed E-state index contributed by atoms with van der Waals surface area (Å²) in [6, 6.07) is 19.6. The third kappa shape index (κ3) is 2.80. The number of likely N-dealkylation sites (tertiary alicyclic amines) is 1. The van der Waals surface area contributed by atoms with Crippen molar-refractivity contribution in [1.29, 1.82) is 0 Å². The molecule has 0 bridgehead atoms. The Morgan fingerprint density at radius 3 is 2.32 bits per heavy atom. The molecule has 1 aliphatic heterocycles. The molecule has 5 nitrogen and oxygen atoms in total. The molecule has 1 aromatic heterocycles. The summed E-state index contributed by atoms with van der Waals surface area (Å²) in [4.78, 5) is 26.9. The van der Waals surface area contributed by atoms with Crippen LogP contribution >= 0.6 is 0 Å². The second kappa shape index (κ2) is 6.68. The van der Waals surface area contributed by atoms with Gasteiger partial charge < -0.3 is 14.1 Å². The van der Waals surface area contributed by atoms with Crippen molar-refractivity contribution < 1.29 is 18.7 Å². The average molecular weight is 373 g/mol. The zero-order valence-electron chi connectivity index (χ0n) is 15.2. The molecule has 1 saturated heterocycles. The van der Waals surface area contributed by atoms with Crippen molar-refractivity contribution in [3.8, 4) is 11.1 Å². The lowest BCUT2D eigenvalue weighted by atomic mass is 10.1. The first-order valence-electron chi connectivity index (χ1n) is 9.39. The number of carbonyl (C=O) groups is 2. The predicted molar refractivity (Wildman–Crippen MR) is 102 cm³/mol. The minimum absolute atomic E-state index is 0.0504. The van der Waals surface area contributed by atoms with Crippen molar-refractivity contribution in [1.82, 2.24) is 4.90 Å². The first-order valence-corrected chi connectivity index (χ1v) is 9.39. The topological polar surface area (TPSA) is 59.8 Å². The Labute approximate surface area is 162 Å². The Bertz CT molecular complexity index is 995. The summed E-state index contributed by atoms with van der Waals surface area (Å²) in [5.41, 5.74) is 4.18. The minimum Gasteiger partial charge on any atom is -0.467 e. The van der Waals surface area contributed by atoms with Gasteiger partial charge in [-0.2, -0.15) is 0 Å². The smallest absolute Gasteiger partial charge is 0.312 e. The number of rotatable bonds is 4. The van der Waals surface area contributed by atoms with Gasteiger partial charge in [-0.1, -0.05) is 48.5 Å². The molecule has 0 radical (unpaired) electrons. The van der Waals surface area contributed by atoms with E-state index in [9.17, 15) is 9.59 Å². The van der Waals surface area contributed by atoms with E-state index in [1.54, 1.807) is 17.2 Å². The standard InChI is InChI=1S/C23H19NO4/c25-21-12-15(13-24(21)14-16-6-5-11-27-16)23(26)28-22-19-9-3-1-7-17(19)18-8-2-4-10-20(18)22/h1-11,15,22H,12-14H2/t15-/m0/s1. The highest BCUT2D eigenvalue weighted by atomic mass is 16.5. The predicted octanol–water partition coefficient (Wildman–Crippen LogP) is 3.94. The zero-order valence-corrected chi connectivity index (χ0v) is 15.2. The van der Waals surface area contributed by atoms with Gasteiger partial charge in [0.1, 0.15) is 5.76 Å². The molecule has 2 heterocycles. The molecule has 2 aromatic carbocycles. The number of amides is 1. The average Bonchev–Trinajstić information content (AvgIpc) is 3.43. The number of carbonyl (C=O) groups excluding carboxylic acids is 2. The van der Waals surface area contributed by atoms with Crippen molar-refractivity contribution >= 4 is 11.9 Å². The van der Waals surface area contributed by atoms with E-state index in [0.29, 0.717) is 18.8 Å². The molecule has 0 spiro atoms. The highest BCUT2D eigenvalue weighted by molar-refractivity contribution is 5.87. The van der Waals surface area contributed by atoms with Crippen LogP contribution in [0.2, 0.25) is 0 Å². The van der Waals surface area contributed by atoms with Crippen molar-refractivity contribution in [2.45, 2.75) is 19.1 Å². The second-order valence-electron chi connectivity index (χ2n) is 7.25. The summed E-state index contributed by atoms with van der Waals surface area (Å²) < 4.78 is 11.3. The van der Waals surface area contributed by atoms with Gasteiger partial charge in [0.2, 0.25) is 5.91 Å². The van der Waals surface area contributed by atoms with Gasteiger partial charge in [-0.25, -0.2) is 0 Å². The summed E-state index contributed by atoms with van der Waals surface area (Å²) in [5.74, 6) is -0.124. The maximum Gasteiger partial charge on any atom is 0.312 e. The maximum absolute atomic E-state index is 12.9. The number of hydrogen-bond donors (Lipinski definition) is 0. The molecule has 3 aromatic rings. The van der Waals surface area contributed by atoms with Crippen molar-refractivity contribution in [3.05, 3.63) is 83.8 Å². The molecule has 5 heteroatoms. The largest absolute Gasteiger partial charge is 0.467 e. The Hall–Kier alpha value is -3.34. The Morgan fingerprint density at radius 1 is 1.00 bits per heavy atom. The molecule has 28 heavy (non-hydrogen) atoms. The molecule has 1 atom stereocenters. The number of benzene rings is 2. The third-order valence-corrected chi connectivity index (χ3v) is 5.49. The number of nitrogens with zero attached hydrogens (tertiary/aromatic N) is 1. The fourth-order valence-electron chi connectivity index (χ4n) is 4.12. The maximum atomic E-state index is 12.9. The van der Waals surface area contributed by atoms with Crippen LogP contribution in [-0.4, -0.2) is 23.3 Å². The highest BCUT2D eigenvalue weighted by Crippen LogP contribution is 2.45. The number of fused-ring (bicyclic) bond motifs is 3. The van der Waals surface area contributed by atoms with Crippen LogP contribution in [0.25, 0.3) is 11.1 Å². The molecule has 5 rings (SSSR count). The SMILES string of the molecule is O=C(OC1c2ccccc2-c2ccccc21)[C@H]1CC(=O)N(Cc2ccco2)C1. The summed E-state index contributed by atoms with van der Waals surface area (Å²) in [5, 5.41) is 0. The van der Waals surface area contributed by atoms with E-state index in [4.69, 9.17) is 9.15 Å². The van der Waals surface area contributed by atoms with Crippen LogP contribution in [0, 0.1) is 5.92 Å². The molecule has 0 saturated carbocycles. The van der Waals surface area contributed by atoms with Crippen LogP contribution in [0.15, 0.2) is 71.3 Å². The number of hydrogen-bond acceptors (Lipinski definition) is 4. The van der Waals surface area contributed by atoms with Gasteiger partial charge in [-0.3, -0.25) is 9.59 Å². The monoisotopic (exact) mass is 373 g/mol. The molecule has 140 valence electrons. The normalized spacial score (nSPS) is 18.2. The molecular formula is C23H19NO4. The van der Waals surface area contributed by atoms with E-state index < -0.39 is 12.0 Å². The molecule has 0 N–H and O–H groups in total. The summed E-state index contributed by atoms with van der Waals surface area (Å²) in [6.45, 7) is 0.735. The van der Waals surface area contributed by atoms with E-state index in [1.807, 2.05) is 54.6 Å². The van der Waals surface area contributed by atoms with Crippen LogP contribution in [0.5, 0.6) is 0 Å². The van der Waals surface area contributed by atoms with E-state index in [2.05, 4.69) is 0 Å². The van der Waals surface area contributed by atoms with Crippen LogP contribution < -0.4 is 0 Å². The van der Waals surface area contributed by atoms with Gasteiger partial charge in [0.25, 0.3) is 0 Å². The first kappa shape index (κ1) is 16.8. The van der Waals surface area contributed by atoms with E-state index >= 15 is 0 Å². The van der Waals surface area contributed by atoms with Crippen molar-refractivity contribution in [3.63, 3.8) is 0 Å². The first-order chi connectivity index (χ1) is 13.7.